The summed E-state index contributed by atoms with van der Waals surface area (Å²) in [4.78, 5) is 32.0. The minimum absolute atomic E-state index is 0.172. The summed E-state index contributed by atoms with van der Waals surface area (Å²) >= 11 is 1.61. The summed E-state index contributed by atoms with van der Waals surface area (Å²) in [5.41, 5.74) is 8.54. The summed E-state index contributed by atoms with van der Waals surface area (Å²) in [6.07, 6.45) is 6.56. The smallest absolute Gasteiger partial charge is 0.269 e. The van der Waals surface area contributed by atoms with Crippen LogP contribution >= 0.6 is 11.8 Å². The fraction of sp³-hybridized carbons (Fsp3) is 0.227. The van der Waals surface area contributed by atoms with Gasteiger partial charge in [-0.15, -0.1) is 0 Å². The summed E-state index contributed by atoms with van der Waals surface area (Å²) in [7, 11) is 0. The number of nitrogens with zero attached hydrogens (tertiary/aromatic N) is 1. The Morgan fingerprint density at radius 2 is 1.93 bits per heavy atom. The summed E-state index contributed by atoms with van der Waals surface area (Å²) in [5.74, 6) is 0.522. The van der Waals surface area contributed by atoms with Crippen molar-refractivity contribution in [2.75, 3.05) is 0 Å². The molecule has 1 heterocycles. The first-order valence-electron chi connectivity index (χ1n) is 9.60. The normalized spacial score (nSPS) is 15.5. The average Bonchev–Trinajstić information content (AvgIpc) is 3.40. The number of allylic oxidation sites excluding steroid dienone is 2. The standard InChI is InChI=1S/C22H22N4O2S/c27-20(13-15-5-1-2-6-15)25-26-21(28)17-11-9-16(10-12-17)14-29-22-23-18-7-3-4-8-19(18)24-22/h1,3-5,7-12,15H,2,6,13-14H2,(H,23,24)(H,25,27)(H,26,28). The van der Waals surface area contributed by atoms with E-state index in [-0.39, 0.29) is 17.7 Å². The van der Waals surface area contributed by atoms with Crippen molar-refractivity contribution in [2.45, 2.75) is 30.2 Å². The van der Waals surface area contributed by atoms with Gasteiger partial charge in [0, 0.05) is 17.7 Å². The average molecular weight is 407 g/mol. The van der Waals surface area contributed by atoms with Crippen molar-refractivity contribution in [2.24, 2.45) is 5.92 Å². The monoisotopic (exact) mass is 406 g/mol. The van der Waals surface area contributed by atoms with Crippen LogP contribution in [0.4, 0.5) is 0 Å². The van der Waals surface area contributed by atoms with Gasteiger partial charge in [-0.1, -0.05) is 48.2 Å². The van der Waals surface area contributed by atoms with Gasteiger partial charge in [0.1, 0.15) is 0 Å². The Hall–Kier alpha value is -3.06. The minimum atomic E-state index is -0.322. The number of carbonyl (C=O) groups excluding carboxylic acids is 2. The fourth-order valence-corrected chi connectivity index (χ4v) is 4.10. The topological polar surface area (TPSA) is 86.9 Å². The Labute approximate surface area is 173 Å². The van der Waals surface area contributed by atoms with Crippen LogP contribution in [0.1, 0.15) is 35.2 Å². The molecule has 3 aromatic rings. The van der Waals surface area contributed by atoms with Crippen LogP contribution in [0.2, 0.25) is 0 Å². The van der Waals surface area contributed by atoms with Crippen molar-refractivity contribution in [3.63, 3.8) is 0 Å². The lowest BCUT2D eigenvalue weighted by Crippen LogP contribution is -2.42. The molecule has 148 valence electrons. The zero-order valence-electron chi connectivity index (χ0n) is 15.9. The van der Waals surface area contributed by atoms with Crippen molar-refractivity contribution in [3.8, 4) is 0 Å². The van der Waals surface area contributed by atoms with E-state index in [2.05, 4.69) is 33.0 Å². The molecule has 1 unspecified atom stereocenters. The molecule has 0 spiro atoms. The SMILES string of the molecule is O=C(CC1C=CCC1)NNC(=O)c1ccc(CSc2nc3ccccc3[nH]2)cc1. The van der Waals surface area contributed by atoms with Crippen LogP contribution in [0.15, 0.2) is 65.8 Å². The highest BCUT2D eigenvalue weighted by Gasteiger charge is 2.14. The zero-order chi connectivity index (χ0) is 20.1. The number of thioether (sulfide) groups is 1. The number of benzene rings is 2. The van der Waals surface area contributed by atoms with Gasteiger partial charge < -0.3 is 4.98 Å². The molecule has 0 fully saturated rings. The van der Waals surface area contributed by atoms with Crippen LogP contribution < -0.4 is 10.9 Å². The number of imidazole rings is 1. The van der Waals surface area contributed by atoms with E-state index in [1.165, 1.54) is 0 Å². The van der Waals surface area contributed by atoms with Gasteiger partial charge >= 0.3 is 0 Å². The first-order chi connectivity index (χ1) is 14.2. The summed E-state index contributed by atoms with van der Waals surface area (Å²) < 4.78 is 0. The van der Waals surface area contributed by atoms with E-state index in [9.17, 15) is 9.59 Å². The van der Waals surface area contributed by atoms with Crippen molar-refractivity contribution in [1.82, 2.24) is 20.8 Å². The van der Waals surface area contributed by atoms with Gasteiger partial charge in [-0.25, -0.2) is 4.98 Å². The second kappa shape index (κ2) is 8.96. The van der Waals surface area contributed by atoms with Gasteiger partial charge in [-0.05, 0) is 48.6 Å². The summed E-state index contributed by atoms with van der Waals surface area (Å²) in [5, 5.41) is 0.868. The number of hydrogen-bond donors (Lipinski definition) is 3. The molecule has 1 atom stereocenters. The van der Waals surface area contributed by atoms with E-state index >= 15 is 0 Å². The van der Waals surface area contributed by atoms with Crippen LogP contribution in [0.5, 0.6) is 0 Å². The number of H-pyrrole nitrogens is 1. The van der Waals surface area contributed by atoms with Crippen molar-refractivity contribution in [3.05, 3.63) is 71.8 Å². The molecule has 1 aromatic heterocycles. The number of nitrogens with one attached hydrogen (secondary N) is 3. The second-order valence-corrected chi connectivity index (χ2v) is 7.98. The van der Waals surface area contributed by atoms with E-state index in [0.717, 1.165) is 40.3 Å². The van der Waals surface area contributed by atoms with Crippen LogP contribution in [-0.4, -0.2) is 21.8 Å². The molecule has 2 amide bonds. The molecule has 2 aromatic carbocycles. The van der Waals surface area contributed by atoms with E-state index in [0.29, 0.717) is 12.0 Å². The molecule has 0 bridgehead atoms. The molecule has 1 aliphatic carbocycles. The lowest BCUT2D eigenvalue weighted by molar-refractivity contribution is -0.122. The highest BCUT2D eigenvalue weighted by molar-refractivity contribution is 7.98. The Morgan fingerprint density at radius 3 is 2.69 bits per heavy atom. The highest BCUT2D eigenvalue weighted by atomic mass is 32.2. The number of fused-ring (bicyclic) bond motifs is 1. The molecule has 4 rings (SSSR count). The van der Waals surface area contributed by atoms with Gasteiger partial charge in [-0.2, -0.15) is 0 Å². The van der Waals surface area contributed by atoms with Crippen LogP contribution in [0, 0.1) is 5.92 Å². The lowest BCUT2D eigenvalue weighted by atomic mass is 10.1. The molecule has 0 saturated heterocycles. The first-order valence-corrected chi connectivity index (χ1v) is 10.6. The Morgan fingerprint density at radius 1 is 1.10 bits per heavy atom. The lowest BCUT2D eigenvalue weighted by Gasteiger charge is -2.10. The predicted molar refractivity (Wildman–Crippen MR) is 114 cm³/mol. The molecule has 0 radical (unpaired) electrons. The maximum Gasteiger partial charge on any atom is 0.269 e. The number of aromatic nitrogens is 2. The third-order valence-corrected chi connectivity index (χ3v) is 5.78. The van der Waals surface area contributed by atoms with Crippen molar-refractivity contribution in [1.29, 1.82) is 0 Å². The fourth-order valence-electron chi connectivity index (χ4n) is 3.25. The van der Waals surface area contributed by atoms with Gasteiger partial charge in [0.05, 0.1) is 11.0 Å². The number of amides is 2. The molecule has 0 saturated carbocycles. The van der Waals surface area contributed by atoms with Crippen LogP contribution in [0.3, 0.4) is 0 Å². The van der Waals surface area contributed by atoms with Gasteiger partial charge in [-0.3, -0.25) is 20.4 Å². The van der Waals surface area contributed by atoms with Crippen molar-refractivity contribution >= 4 is 34.6 Å². The highest BCUT2D eigenvalue weighted by Crippen LogP contribution is 2.23. The molecule has 6 nitrogen and oxygen atoms in total. The minimum Gasteiger partial charge on any atom is -0.333 e. The molecular formula is C22H22N4O2S. The van der Waals surface area contributed by atoms with E-state index in [1.807, 2.05) is 36.4 Å². The maximum absolute atomic E-state index is 12.2. The Kier molecular flexibility index (Phi) is 5.95. The molecule has 7 heteroatoms. The molecule has 29 heavy (non-hydrogen) atoms. The zero-order valence-corrected chi connectivity index (χ0v) is 16.7. The van der Waals surface area contributed by atoms with E-state index in [1.54, 1.807) is 23.9 Å². The van der Waals surface area contributed by atoms with Gasteiger partial charge in [0.2, 0.25) is 5.91 Å². The Bertz CT molecular complexity index is 1010. The van der Waals surface area contributed by atoms with Gasteiger partial charge in [0.25, 0.3) is 5.91 Å². The molecular weight excluding hydrogens is 384 g/mol. The van der Waals surface area contributed by atoms with Gasteiger partial charge in [0.15, 0.2) is 5.16 Å². The number of hydrazine groups is 1. The third-order valence-electron chi connectivity index (χ3n) is 4.83. The van der Waals surface area contributed by atoms with E-state index in [4.69, 9.17) is 0 Å². The van der Waals surface area contributed by atoms with E-state index < -0.39 is 0 Å². The molecule has 3 N–H and O–H groups in total. The Balaban J connectivity index is 1.26. The quantitative estimate of drug-likeness (QED) is 0.328. The number of para-hydroxylation sites is 2. The summed E-state index contributed by atoms with van der Waals surface area (Å²) in [6, 6.07) is 15.3. The first kappa shape index (κ1) is 19.3. The van der Waals surface area contributed by atoms with Crippen LogP contribution in [0.25, 0.3) is 11.0 Å². The number of rotatable bonds is 6. The summed E-state index contributed by atoms with van der Waals surface area (Å²) in [6.45, 7) is 0. The predicted octanol–water partition coefficient (Wildman–Crippen LogP) is 3.97. The number of hydrogen-bond acceptors (Lipinski definition) is 4. The molecule has 0 aliphatic heterocycles. The maximum atomic E-state index is 12.2. The van der Waals surface area contributed by atoms with Crippen LogP contribution in [-0.2, 0) is 10.5 Å². The molecule has 1 aliphatic rings. The van der Waals surface area contributed by atoms with Crippen molar-refractivity contribution < 1.29 is 9.59 Å². The second-order valence-electron chi connectivity index (χ2n) is 7.02. The number of carbonyl (C=O) groups is 2. The largest absolute Gasteiger partial charge is 0.333 e. The third kappa shape index (κ3) is 5.06. The number of aromatic amines is 1.